The van der Waals surface area contributed by atoms with Crippen molar-refractivity contribution in [1.29, 1.82) is 5.41 Å². The normalized spacial score (nSPS) is 19.4. The van der Waals surface area contributed by atoms with Crippen LogP contribution >= 0.6 is 23.2 Å². The van der Waals surface area contributed by atoms with Gasteiger partial charge in [-0.2, -0.15) is 4.89 Å². The van der Waals surface area contributed by atoms with Crippen molar-refractivity contribution in [3.8, 4) is 33.6 Å². The number of nitrogens with one attached hydrogen (secondary N) is 4. The predicted octanol–water partition coefficient (Wildman–Crippen LogP) is 8.55. The molecule has 4 N–H and O–H groups in total. The smallest absolute Gasteiger partial charge is 0.407 e. The standard InChI is InChI=1S/C40H46Cl2N14O6/c1-20(2)28(18-61-62-19-43)38(57)55-16-26(51-53-44)14-29(55)36-46-32(34(41)49-36)24-10-6-22(7-11-24)23-8-12-25(13-9-23)33-35(42)50-37(47-33)30-15-27(52-54-45)17-56(30)39(58)31(21(3)4)48-40(59)60-5/h6-13,19-21,26-31,43H,14-18H2,1-5H3,(H,46,49)(H,47,50)(H,48,59)/t26-,27-,28-,29-,30-,31-/m0/s1. The van der Waals surface area contributed by atoms with E-state index in [1.54, 1.807) is 23.6 Å². The Bertz CT molecular complexity index is 2360. The Hall–Kier alpha value is -6.30. The summed E-state index contributed by atoms with van der Waals surface area (Å²) in [6.45, 7) is 7.63. The van der Waals surface area contributed by atoms with Crippen molar-refractivity contribution in [2.24, 2.45) is 28.0 Å². The molecule has 2 saturated heterocycles. The number of H-pyrrole nitrogens is 2. The molecule has 0 bridgehead atoms. The zero-order valence-electron chi connectivity index (χ0n) is 34.5. The highest BCUT2D eigenvalue weighted by molar-refractivity contribution is 6.32. The number of benzene rings is 2. The van der Waals surface area contributed by atoms with Crippen LogP contribution in [0.5, 0.6) is 0 Å². The second kappa shape index (κ2) is 20.0. The molecular weight excluding hydrogens is 843 g/mol. The summed E-state index contributed by atoms with van der Waals surface area (Å²) in [4.78, 5) is 74.3. The first-order valence-corrected chi connectivity index (χ1v) is 20.6. The first kappa shape index (κ1) is 45.2. The van der Waals surface area contributed by atoms with Crippen LogP contribution in [0.2, 0.25) is 10.3 Å². The van der Waals surface area contributed by atoms with Crippen LogP contribution in [0.3, 0.4) is 0 Å². The number of hydrogen-bond acceptors (Lipinski definition) is 11. The molecule has 326 valence electrons. The van der Waals surface area contributed by atoms with E-state index < -0.39 is 42.2 Å². The molecule has 2 aliphatic heterocycles. The van der Waals surface area contributed by atoms with E-state index in [0.717, 1.165) is 22.3 Å². The van der Waals surface area contributed by atoms with Gasteiger partial charge in [-0.25, -0.2) is 14.8 Å². The van der Waals surface area contributed by atoms with Gasteiger partial charge in [-0.05, 0) is 46.9 Å². The number of carbonyl (C=O) groups is 3. The van der Waals surface area contributed by atoms with Crippen LogP contribution in [0.1, 0.15) is 64.3 Å². The number of hydrogen-bond donors (Lipinski definition) is 4. The predicted molar refractivity (Wildman–Crippen MR) is 229 cm³/mol. The van der Waals surface area contributed by atoms with Crippen LogP contribution in [0, 0.1) is 23.2 Å². The molecular formula is C40H46Cl2N14O6. The molecule has 6 atom stereocenters. The monoisotopic (exact) mass is 888 g/mol. The molecule has 0 unspecified atom stereocenters. The van der Waals surface area contributed by atoms with Crippen LogP contribution in [-0.4, -0.2) is 99.0 Å². The summed E-state index contributed by atoms with van der Waals surface area (Å²) in [5.41, 5.74) is 22.8. The molecule has 0 saturated carbocycles. The van der Waals surface area contributed by atoms with Crippen molar-refractivity contribution >= 4 is 47.5 Å². The molecule has 2 aromatic carbocycles. The molecule has 22 heteroatoms. The summed E-state index contributed by atoms with van der Waals surface area (Å²) >= 11 is 13.4. The van der Waals surface area contributed by atoms with Crippen molar-refractivity contribution in [3.05, 3.63) is 91.4 Å². The lowest BCUT2D eigenvalue weighted by Crippen LogP contribution is -2.51. The van der Waals surface area contributed by atoms with Crippen LogP contribution < -0.4 is 5.32 Å². The van der Waals surface area contributed by atoms with E-state index in [2.05, 4.69) is 50.2 Å². The SMILES string of the molecule is COC(=O)N[C@H](C(=O)N1C[C@@H](N=[N+]=[N-])C[C@H]1c1nc(Cl)c(-c2ccc(-c3ccc(-c4[nH]c([C@@H]5C[C@H](N=[N+]=[N-])CN5C(=O)[C@@H](COOC=N)C(C)C)nc4Cl)cc3)cc2)[nH]1)C(C)C. The van der Waals surface area contributed by atoms with Gasteiger partial charge in [0.15, 0.2) is 10.3 Å². The Morgan fingerprint density at radius 3 is 1.68 bits per heavy atom. The fourth-order valence-corrected chi connectivity index (χ4v) is 8.32. The Morgan fingerprint density at radius 1 is 0.823 bits per heavy atom. The van der Waals surface area contributed by atoms with Gasteiger partial charge in [0, 0.05) is 34.0 Å². The topological polar surface area (TPSA) is 276 Å². The van der Waals surface area contributed by atoms with E-state index in [4.69, 9.17) is 43.8 Å². The molecule has 2 fully saturated rings. The lowest BCUT2D eigenvalue weighted by molar-refractivity contribution is -0.229. The number of halogens is 2. The van der Waals surface area contributed by atoms with E-state index in [0.29, 0.717) is 42.3 Å². The minimum absolute atomic E-state index is 0.0679. The lowest BCUT2D eigenvalue weighted by atomic mass is 9.95. The first-order valence-electron chi connectivity index (χ1n) is 19.8. The van der Waals surface area contributed by atoms with Gasteiger partial charge in [-0.15, -0.1) is 0 Å². The molecule has 20 nitrogen and oxygen atoms in total. The van der Waals surface area contributed by atoms with Crippen molar-refractivity contribution in [2.45, 2.75) is 70.7 Å². The number of imidazole rings is 2. The van der Waals surface area contributed by atoms with Gasteiger partial charge in [-0.3, -0.25) is 15.0 Å². The Labute approximate surface area is 366 Å². The number of aromatic amines is 2. The van der Waals surface area contributed by atoms with Crippen molar-refractivity contribution in [3.63, 3.8) is 0 Å². The number of nitrogens with zero attached hydrogens (tertiary/aromatic N) is 10. The molecule has 4 aromatic rings. The van der Waals surface area contributed by atoms with E-state index >= 15 is 0 Å². The summed E-state index contributed by atoms with van der Waals surface area (Å²) < 4.78 is 4.74. The molecule has 6 rings (SSSR count). The number of methoxy groups -OCH3 is 1. The van der Waals surface area contributed by atoms with Gasteiger partial charge in [0.2, 0.25) is 18.2 Å². The Kier molecular flexibility index (Phi) is 14.6. The highest BCUT2D eigenvalue weighted by Gasteiger charge is 2.43. The third kappa shape index (κ3) is 9.91. The van der Waals surface area contributed by atoms with Crippen molar-refractivity contribution < 1.29 is 28.9 Å². The number of azide groups is 2. The van der Waals surface area contributed by atoms with Crippen LogP contribution in [-0.2, 0) is 24.1 Å². The average Bonchev–Trinajstić information content (AvgIpc) is 4.06. The van der Waals surface area contributed by atoms with Gasteiger partial charge in [-0.1, -0.05) is 110 Å². The van der Waals surface area contributed by atoms with Crippen LogP contribution in [0.4, 0.5) is 4.79 Å². The van der Waals surface area contributed by atoms with Crippen LogP contribution in [0.25, 0.3) is 54.5 Å². The molecule has 0 spiro atoms. The van der Waals surface area contributed by atoms with Crippen LogP contribution in [0.15, 0.2) is 58.8 Å². The summed E-state index contributed by atoms with van der Waals surface area (Å²) in [7, 11) is 1.22. The summed E-state index contributed by atoms with van der Waals surface area (Å²) in [5.74, 6) is -0.707. The van der Waals surface area contributed by atoms with Crippen molar-refractivity contribution in [2.75, 3.05) is 26.8 Å². The fraction of sp³-hybridized carbons (Fsp3) is 0.450. The maximum absolute atomic E-state index is 13.8. The first-order chi connectivity index (χ1) is 29.8. The lowest BCUT2D eigenvalue weighted by Gasteiger charge is -2.30. The molecule has 2 aliphatic rings. The highest BCUT2D eigenvalue weighted by atomic mass is 35.5. The molecule has 2 aromatic heterocycles. The maximum atomic E-state index is 13.8. The largest absolute Gasteiger partial charge is 0.453 e. The molecule has 3 amide bonds. The van der Waals surface area contributed by atoms with Gasteiger partial charge in [0.1, 0.15) is 24.3 Å². The van der Waals surface area contributed by atoms with E-state index in [1.165, 1.54) is 7.11 Å². The minimum Gasteiger partial charge on any atom is -0.453 e. The van der Waals surface area contributed by atoms with Gasteiger partial charge >= 0.3 is 6.09 Å². The number of alkyl carbamates (subject to hydrolysis) is 1. The third-order valence-electron chi connectivity index (χ3n) is 11.1. The zero-order valence-corrected chi connectivity index (χ0v) is 36.0. The van der Waals surface area contributed by atoms with E-state index in [1.807, 2.05) is 62.4 Å². The number of rotatable bonds is 16. The molecule has 0 radical (unpaired) electrons. The maximum Gasteiger partial charge on any atom is 0.407 e. The molecule has 4 heterocycles. The van der Waals surface area contributed by atoms with Crippen molar-refractivity contribution in [1.82, 2.24) is 35.1 Å². The number of aromatic nitrogens is 4. The number of carbonyl (C=O) groups excluding carboxylic acids is 3. The number of likely N-dealkylation sites (tertiary alicyclic amines) is 2. The second-order valence-electron chi connectivity index (χ2n) is 15.6. The van der Waals surface area contributed by atoms with Gasteiger partial charge in [0.25, 0.3) is 0 Å². The second-order valence-corrected chi connectivity index (χ2v) is 16.4. The summed E-state index contributed by atoms with van der Waals surface area (Å²) in [6, 6.07) is 12.3. The number of amides is 3. The number of ether oxygens (including phenoxy) is 1. The quantitative estimate of drug-likeness (QED) is 0.0123. The fourth-order valence-electron chi connectivity index (χ4n) is 7.83. The molecule has 0 aliphatic carbocycles. The summed E-state index contributed by atoms with van der Waals surface area (Å²) in [5, 5.41) is 17.8. The summed E-state index contributed by atoms with van der Waals surface area (Å²) in [6.07, 6.45) is 0.549. The highest BCUT2D eigenvalue weighted by Crippen LogP contribution is 2.39. The Balaban J connectivity index is 1.19. The Morgan fingerprint density at radius 2 is 1.27 bits per heavy atom. The third-order valence-corrected chi connectivity index (χ3v) is 11.6. The minimum atomic E-state index is -0.889. The average molecular weight is 890 g/mol. The zero-order chi connectivity index (χ0) is 44.7. The van der Waals surface area contributed by atoms with Gasteiger partial charge < -0.3 is 34.7 Å². The van der Waals surface area contributed by atoms with E-state index in [-0.39, 0.29) is 53.7 Å². The van der Waals surface area contributed by atoms with Gasteiger partial charge in [0.05, 0.1) is 48.6 Å². The van der Waals surface area contributed by atoms with E-state index in [9.17, 15) is 19.9 Å². The molecule has 62 heavy (non-hydrogen) atoms.